The lowest BCUT2D eigenvalue weighted by Gasteiger charge is -2.18. The highest BCUT2D eigenvalue weighted by atomic mass is 35.5. The highest BCUT2D eigenvalue weighted by Crippen LogP contribution is 2.22. The predicted molar refractivity (Wildman–Crippen MR) is 117 cm³/mol. The van der Waals surface area contributed by atoms with Gasteiger partial charge in [0.1, 0.15) is 11.0 Å². The molecule has 150 valence electrons. The Morgan fingerprint density at radius 3 is 2.69 bits per heavy atom. The van der Waals surface area contributed by atoms with Crippen molar-refractivity contribution in [2.24, 2.45) is 0 Å². The molecular weight excluding hydrogens is 406 g/mol. The largest absolute Gasteiger partial charge is 0.355 e. The standard InChI is InChI=1S/C21H22ClN5OS/c1-27(14-16-7-3-2-4-8-16)19-13-18(22)25-21(26-19)29-15-20(28)24-12-10-17-9-5-6-11-23-17/h2-9,11,13H,10,12,14-15H2,1H3,(H,24,28). The van der Waals surface area contributed by atoms with Gasteiger partial charge >= 0.3 is 0 Å². The van der Waals surface area contributed by atoms with Gasteiger partial charge in [0.2, 0.25) is 5.91 Å². The van der Waals surface area contributed by atoms with Crippen molar-refractivity contribution in [2.45, 2.75) is 18.1 Å². The molecule has 6 nitrogen and oxygen atoms in total. The molecule has 0 aliphatic heterocycles. The minimum atomic E-state index is -0.0753. The molecule has 8 heteroatoms. The van der Waals surface area contributed by atoms with Crippen LogP contribution in [0.4, 0.5) is 5.82 Å². The smallest absolute Gasteiger partial charge is 0.230 e. The minimum absolute atomic E-state index is 0.0753. The minimum Gasteiger partial charge on any atom is -0.355 e. The average molecular weight is 428 g/mol. The van der Waals surface area contributed by atoms with E-state index >= 15 is 0 Å². The number of nitrogens with zero attached hydrogens (tertiary/aromatic N) is 4. The summed E-state index contributed by atoms with van der Waals surface area (Å²) in [6.07, 6.45) is 2.44. The lowest BCUT2D eigenvalue weighted by molar-refractivity contribution is -0.118. The van der Waals surface area contributed by atoms with Gasteiger partial charge in [-0.15, -0.1) is 0 Å². The topological polar surface area (TPSA) is 71.0 Å². The Morgan fingerprint density at radius 1 is 1.14 bits per heavy atom. The fourth-order valence-electron chi connectivity index (χ4n) is 2.64. The molecule has 0 aliphatic rings. The maximum Gasteiger partial charge on any atom is 0.230 e. The van der Waals surface area contributed by atoms with E-state index in [1.54, 1.807) is 12.3 Å². The van der Waals surface area contributed by atoms with Gasteiger partial charge in [-0.1, -0.05) is 59.8 Å². The molecule has 0 spiro atoms. The molecule has 0 saturated carbocycles. The van der Waals surface area contributed by atoms with E-state index in [2.05, 4.69) is 32.4 Å². The molecule has 0 saturated heterocycles. The average Bonchev–Trinajstić information content (AvgIpc) is 2.73. The second kappa shape index (κ2) is 10.8. The van der Waals surface area contributed by atoms with Crippen LogP contribution in [0.3, 0.4) is 0 Å². The molecule has 0 atom stereocenters. The van der Waals surface area contributed by atoms with Crippen molar-refractivity contribution in [3.8, 4) is 0 Å². The van der Waals surface area contributed by atoms with Crippen molar-refractivity contribution in [3.05, 3.63) is 77.2 Å². The molecule has 0 unspecified atom stereocenters. The first-order chi connectivity index (χ1) is 14.1. The number of hydrogen-bond donors (Lipinski definition) is 1. The van der Waals surface area contributed by atoms with Crippen molar-refractivity contribution < 1.29 is 4.79 Å². The number of halogens is 1. The number of carbonyl (C=O) groups excluding carboxylic acids is 1. The summed E-state index contributed by atoms with van der Waals surface area (Å²) in [7, 11) is 1.95. The first-order valence-corrected chi connectivity index (χ1v) is 10.6. The summed E-state index contributed by atoms with van der Waals surface area (Å²) in [5.41, 5.74) is 2.12. The number of carbonyl (C=O) groups is 1. The number of amides is 1. The van der Waals surface area contributed by atoms with Crippen LogP contribution in [0.1, 0.15) is 11.3 Å². The molecule has 29 heavy (non-hydrogen) atoms. The van der Waals surface area contributed by atoms with Crippen molar-refractivity contribution in [2.75, 3.05) is 24.2 Å². The van der Waals surface area contributed by atoms with Gasteiger partial charge in [0.25, 0.3) is 0 Å². The number of hydrogen-bond acceptors (Lipinski definition) is 6. The molecule has 0 aliphatic carbocycles. The second-order valence-electron chi connectivity index (χ2n) is 6.38. The zero-order chi connectivity index (χ0) is 20.5. The summed E-state index contributed by atoms with van der Waals surface area (Å²) in [5.74, 6) is 0.866. The monoisotopic (exact) mass is 427 g/mol. The van der Waals surface area contributed by atoms with Crippen LogP contribution < -0.4 is 10.2 Å². The van der Waals surface area contributed by atoms with Crippen molar-refractivity contribution >= 4 is 35.1 Å². The fraction of sp³-hybridized carbons (Fsp3) is 0.238. The summed E-state index contributed by atoms with van der Waals surface area (Å²) in [5, 5.41) is 3.72. The summed E-state index contributed by atoms with van der Waals surface area (Å²) in [6, 6.07) is 17.6. The van der Waals surface area contributed by atoms with Crippen LogP contribution in [0.2, 0.25) is 5.15 Å². The zero-order valence-electron chi connectivity index (χ0n) is 16.1. The van der Waals surface area contributed by atoms with Gasteiger partial charge in [0.15, 0.2) is 5.16 Å². The van der Waals surface area contributed by atoms with E-state index in [1.807, 2.05) is 48.3 Å². The maximum absolute atomic E-state index is 12.1. The first-order valence-electron chi connectivity index (χ1n) is 9.19. The van der Waals surface area contributed by atoms with Gasteiger partial charge in [0.05, 0.1) is 5.75 Å². The molecule has 0 radical (unpaired) electrons. The summed E-state index contributed by atoms with van der Waals surface area (Å²) >= 11 is 7.43. The lowest BCUT2D eigenvalue weighted by atomic mass is 10.2. The number of aromatic nitrogens is 3. The van der Waals surface area contributed by atoms with Crippen molar-refractivity contribution in [1.82, 2.24) is 20.3 Å². The van der Waals surface area contributed by atoms with E-state index in [0.29, 0.717) is 35.6 Å². The number of anilines is 1. The SMILES string of the molecule is CN(Cc1ccccc1)c1cc(Cl)nc(SCC(=O)NCCc2ccccn2)n1. The van der Waals surface area contributed by atoms with Crippen LogP contribution in [0.5, 0.6) is 0 Å². The Bertz CT molecular complexity index is 927. The molecule has 1 aromatic carbocycles. The Morgan fingerprint density at radius 2 is 1.93 bits per heavy atom. The number of pyridine rings is 1. The van der Waals surface area contributed by atoms with Crippen molar-refractivity contribution in [1.29, 1.82) is 0 Å². The van der Waals surface area contributed by atoms with Crippen LogP contribution >= 0.6 is 23.4 Å². The van der Waals surface area contributed by atoms with Gasteiger partial charge in [-0.2, -0.15) is 0 Å². The number of thioether (sulfide) groups is 1. The summed E-state index contributed by atoms with van der Waals surface area (Å²) in [4.78, 5) is 27.1. The van der Waals surface area contributed by atoms with Gasteiger partial charge < -0.3 is 10.2 Å². The van der Waals surface area contributed by atoms with E-state index in [0.717, 1.165) is 5.69 Å². The molecule has 2 heterocycles. The first kappa shape index (κ1) is 21.1. The molecule has 0 fully saturated rings. The van der Waals surface area contributed by atoms with Crippen molar-refractivity contribution in [3.63, 3.8) is 0 Å². The molecule has 3 aromatic rings. The summed E-state index contributed by atoms with van der Waals surface area (Å²) in [6.45, 7) is 1.24. The number of nitrogens with one attached hydrogen (secondary N) is 1. The van der Waals surface area contributed by atoms with Gasteiger partial charge in [-0.25, -0.2) is 9.97 Å². The van der Waals surface area contributed by atoms with Gasteiger partial charge in [-0.05, 0) is 17.7 Å². The van der Waals surface area contributed by atoms with E-state index in [4.69, 9.17) is 11.6 Å². The molecule has 2 aromatic heterocycles. The van der Waals surface area contributed by atoms with Crippen LogP contribution in [0.25, 0.3) is 0 Å². The fourth-order valence-corrected chi connectivity index (χ4v) is 3.55. The zero-order valence-corrected chi connectivity index (χ0v) is 17.7. The number of benzene rings is 1. The van der Waals surface area contributed by atoms with E-state index in [9.17, 15) is 4.79 Å². The molecule has 0 bridgehead atoms. The van der Waals surface area contributed by atoms with Crippen LogP contribution in [0.15, 0.2) is 66.0 Å². The Labute approximate surface area is 179 Å². The molecular formula is C21H22ClN5OS. The highest BCUT2D eigenvalue weighted by Gasteiger charge is 2.11. The van der Waals surface area contributed by atoms with Crippen LogP contribution in [-0.4, -0.2) is 40.2 Å². The number of rotatable bonds is 9. The van der Waals surface area contributed by atoms with E-state index in [1.165, 1.54) is 17.3 Å². The normalized spacial score (nSPS) is 10.6. The maximum atomic E-state index is 12.1. The lowest BCUT2D eigenvalue weighted by Crippen LogP contribution is -2.27. The predicted octanol–water partition coefficient (Wildman–Crippen LogP) is 3.61. The summed E-state index contributed by atoms with van der Waals surface area (Å²) < 4.78 is 0. The third kappa shape index (κ3) is 7.03. The second-order valence-corrected chi connectivity index (χ2v) is 7.71. The molecule has 1 amide bonds. The quantitative estimate of drug-likeness (QED) is 0.319. The third-order valence-electron chi connectivity index (χ3n) is 4.08. The Hall–Kier alpha value is -2.64. The Kier molecular flexibility index (Phi) is 7.84. The third-order valence-corrected chi connectivity index (χ3v) is 5.12. The Balaban J connectivity index is 1.50. The molecule has 1 N–H and O–H groups in total. The van der Waals surface area contributed by atoms with Crippen LogP contribution in [0, 0.1) is 0 Å². The van der Waals surface area contributed by atoms with Gasteiger partial charge in [0, 0.05) is 44.5 Å². The van der Waals surface area contributed by atoms with E-state index < -0.39 is 0 Å². The van der Waals surface area contributed by atoms with Crippen LogP contribution in [-0.2, 0) is 17.8 Å². The van der Waals surface area contributed by atoms with Gasteiger partial charge in [-0.3, -0.25) is 9.78 Å². The van der Waals surface area contributed by atoms with E-state index in [-0.39, 0.29) is 11.7 Å². The highest BCUT2D eigenvalue weighted by molar-refractivity contribution is 7.99. The molecule has 3 rings (SSSR count).